The summed E-state index contributed by atoms with van der Waals surface area (Å²) in [7, 11) is 3.27. The van der Waals surface area contributed by atoms with Crippen molar-refractivity contribution in [1.82, 2.24) is 5.32 Å². The molecule has 1 aliphatic heterocycles. The van der Waals surface area contributed by atoms with E-state index in [1.165, 1.54) is 12.7 Å². The van der Waals surface area contributed by atoms with Crippen molar-refractivity contribution < 1.29 is 14.3 Å². The largest absolute Gasteiger partial charge is 0.465 e. The number of carbonyl (C=O) groups is 2. The first-order valence-electron chi connectivity index (χ1n) is 10.4. The minimum atomic E-state index is -0.445. The van der Waals surface area contributed by atoms with Gasteiger partial charge in [-0.3, -0.25) is 4.79 Å². The van der Waals surface area contributed by atoms with Gasteiger partial charge in [-0.25, -0.2) is 4.79 Å². The third-order valence-electron chi connectivity index (χ3n) is 5.38. The third kappa shape index (κ3) is 4.40. The van der Waals surface area contributed by atoms with Gasteiger partial charge in [0.05, 0.1) is 29.6 Å². The van der Waals surface area contributed by atoms with Gasteiger partial charge in [-0.1, -0.05) is 48.5 Å². The van der Waals surface area contributed by atoms with Crippen LogP contribution in [0.15, 0.2) is 72.8 Å². The monoisotopic (exact) mass is 427 g/mol. The fourth-order valence-corrected chi connectivity index (χ4v) is 3.72. The maximum Gasteiger partial charge on any atom is 0.337 e. The Morgan fingerprint density at radius 3 is 2.41 bits per heavy atom. The molecule has 6 nitrogen and oxygen atoms in total. The molecule has 3 N–H and O–H groups in total. The van der Waals surface area contributed by atoms with Crippen LogP contribution in [-0.2, 0) is 16.0 Å². The van der Waals surface area contributed by atoms with Crippen LogP contribution in [0.1, 0.15) is 27.0 Å². The van der Waals surface area contributed by atoms with E-state index in [4.69, 9.17) is 4.74 Å². The fourth-order valence-electron chi connectivity index (χ4n) is 3.72. The number of esters is 1. The van der Waals surface area contributed by atoms with Crippen molar-refractivity contribution in [2.75, 3.05) is 31.3 Å². The summed E-state index contributed by atoms with van der Waals surface area (Å²) in [6.45, 7) is 0.913. The van der Waals surface area contributed by atoms with Gasteiger partial charge in [-0.2, -0.15) is 0 Å². The normalized spacial score (nSPS) is 13.9. The first-order chi connectivity index (χ1) is 15.6. The van der Waals surface area contributed by atoms with Crippen LogP contribution in [0.4, 0.5) is 11.4 Å². The number of likely N-dealkylation sites (N-methyl/N-ethyl adjacent to an activating group) is 1. The van der Waals surface area contributed by atoms with E-state index in [-0.39, 0.29) is 5.91 Å². The Balaban J connectivity index is 1.76. The number of rotatable bonds is 7. The van der Waals surface area contributed by atoms with Gasteiger partial charge in [-0.05, 0) is 55.4 Å². The molecule has 0 unspecified atom stereocenters. The molecule has 3 aromatic rings. The number of methoxy groups -OCH3 is 1. The van der Waals surface area contributed by atoms with E-state index in [2.05, 4.69) is 28.1 Å². The summed E-state index contributed by atoms with van der Waals surface area (Å²) < 4.78 is 4.80. The number of anilines is 2. The Labute approximate surface area is 187 Å². The van der Waals surface area contributed by atoms with E-state index in [0.717, 1.165) is 29.8 Å². The van der Waals surface area contributed by atoms with Crippen molar-refractivity contribution in [1.29, 1.82) is 0 Å². The first kappa shape index (κ1) is 21.3. The summed E-state index contributed by atoms with van der Waals surface area (Å²) in [6.07, 6.45) is 0.946. The summed E-state index contributed by atoms with van der Waals surface area (Å²) in [6, 6.07) is 23.0. The summed E-state index contributed by atoms with van der Waals surface area (Å²) >= 11 is 0. The van der Waals surface area contributed by atoms with E-state index in [9.17, 15) is 9.59 Å². The molecular weight excluding hydrogens is 402 g/mol. The number of ether oxygens (including phenoxy) is 1. The molecule has 162 valence electrons. The van der Waals surface area contributed by atoms with Gasteiger partial charge in [-0.15, -0.1) is 0 Å². The van der Waals surface area contributed by atoms with Gasteiger partial charge in [0.2, 0.25) is 0 Å². The molecule has 0 fully saturated rings. The van der Waals surface area contributed by atoms with E-state index in [1.54, 1.807) is 18.2 Å². The van der Waals surface area contributed by atoms with Gasteiger partial charge >= 0.3 is 5.97 Å². The predicted molar refractivity (Wildman–Crippen MR) is 127 cm³/mol. The summed E-state index contributed by atoms with van der Waals surface area (Å²) in [5.41, 5.74) is 5.96. The quantitative estimate of drug-likeness (QED) is 0.390. The molecule has 0 saturated carbocycles. The highest BCUT2D eigenvalue weighted by atomic mass is 16.5. The standard InChI is InChI=1S/C26H25N3O3/c1-27-15-14-17-8-11-20(12-9-17)28-24(18-6-4-3-5-7-18)23-21-13-10-19(26(31)32-2)16-22(21)29-25(23)30/h3-13,16,27-28H,14-15H2,1-2H3,(H,29,30). The van der Waals surface area contributed by atoms with Crippen molar-refractivity contribution in [3.05, 3.63) is 95.1 Å². The zero-order valence-electron chi connectivity index (χ0n) is 18.1. The second-order valence-corrected chi connectivity index (χ2v) is 7.50. The zero-order valence-corrected chi connectivity index (χ0v) is 18.1. The van der Waals surface area contributed by atoms with Gasteiger partial charge in [0.15, 0.2) is 0 Å². The highest BCUT2D eigenvalue weighted by Crippen LogP contribution is 2.38. The lowest BCUT2D eigenvalue weighted by atomic mass is 9.99. The van der Waals surface area contributed by atoms with Crippen LogP contribution in [0.25, 0.3) is 11.3 Å². The van der Waals surface area contributed by atoms with Crippen LogP contribution in [-0.4, -0.2) is 32.6 Å². The lowest BCUT2D eigenvalue weighted by Gasteiger charge is -2.15. The smallest absolute Gasteiger partial charge is 0.337 e. The van der Waals surface area contributed by atoms with Crippen molar-refractivity contribution in [2.45, 2.75) is 6.42 Å². The molecule has 1 aliphatic rings. The molecule has 6 heteroatoms. The van der Waals surface area contributed by atoms with Gasteiger partial charge < -0.3 is 20.7 Å². The topological polar surface area (TPSA) is 79.5 Å². The average Bonchev–Trinajstić information content (AvgIpc) is 3.16. The van der Waals surface area contributed by atoms with Gasteiger partial charge in [0, 0.05) is 11.3 Å². The summed E-state index contributed by atoms with van der Waals surface area (Å²) in [5.74, 6) is -0.668. The molecule has 0 bridgehead atoms. The van der Waals surface area contributed by atoms with Crippen molar-refractivity contribution in [3.63, 3.8) is 0 Å². The number of benzene rings is 3. The molecule has 0 spiro atoms. The SMILES string of the molecule is CNCCc1ccc(NC(=C2C(=O)Nc3cc(C(=O)OC)ccc32)c2ccccc2)cc1. The first-order valence-corrected chi connectivity index (χ1v) is 10.4. The molecule has 0 radical (unpaired) electrons. The van der Waals surface area contributed by atoms with Crippen LogP contribution < -0.4 is 16.0 Å². The highest BCUT2D eigenvalue weighted by Gasteiger charge is 2.29. The fraction of sp³-hybridized carbons (Fsp3) is 0.154. The van der Waals surface area contributed by atoms with Gasteiger partial charge in [0.1, 0.15) is 0 Å². The Bertz CT molecular complexity index is 1170. The van der Waals surface area contributed by atoms with E-state index < -0.39 is 5.97 Å². The predicted octanol–water partition coefficient (Wildman–Crippen LogP) is 4.17. The zero-order chi connectivity index (χ0) is 22.5. The second-order valence-electron chi connectivity index (χ2n) is 7.50. The molecule has 0 aliphatic carbocycles. The number of hydrogen-bond donors (Lipinski definition) is 3. The Morgan fingerprint density at radius 1 is 0.969 bits per heavy atom. The molecular formula is C26H25N3O3. The summed E-state index contributed by atoms with van der Waals surface area (Å²) in [4.78, 5) is 24.9. The Kier molecular flexibility index (Phi) is 6.33. The van der Waals surface area contributed by atoms with Crippen LogP contribution >= 0.6 is 0 Å². The van der Waals surface area contributed by atoms with E-state index in [0.29, 0.717) is 22.5 Å². The van der Waals surface area contributed by atoms with Gasteiger partial charge in [0.25, 0.3) is 5.91 Å². The molecule has 0 saturated heterocycles. The highest BCUT2D eigenvalue weighted by molar-refractivity contribution is 6.37. The second kappa shape index (κ2) is 9.49. The lowest BCUT2D eigenvalue weighted by molar-refractivity contribution is -0.110. The van der Waals surface area contributed by atoms with E-state index >= 15 is 0 Å². The molecule has 0 aromatic heterocycles. The minimum absolute atomic E-state index is 0.223. The number of nitrogens with one attached hydrogen (secondary N) is 3. The molecule has 1 heterocycles. The van der Waals surface area contributed by atoms with Crippen molar-refractivity contribution in [2.24, 2.45) is 0 Å². The number of hydrogen-bond acceptors (Lipinski definition) is 5. The van der Waals surface area contributed by atoms with E-state index in [1.807, 2.05) is 49.5 Å². The average molecular weight is 428 g/mol. The third-order valence-corrected chi connectivity index (χ3v) is 5.38. The summed E-state index contributed by atoms with van der Waals surface area (Å²) in [5, 5.41) is 9.49. The van der Waals surface area contributed by atoms with Crippen LogP contribution in [0, 0.1) is 0 Å². The minimum Gasteiger partial charge on any atom is -0.465 e. The van der Waals surface area contributed by atoms with Crippen LogP contribution in [0.3, 0.4) is 0 Å². The number of fused-ring (bicyclic) bond motifs is 1. The van der Waals surface area contributed by atoms with Crippen LogP contribution in [0.5, 0.6) is 0 Å². The maximum absolute atomic E-state index is 13.0. The van der Waals surface area contributed by atoms with Crippen LogP contribution in [0.2, 0.25) is 0 Å². The Hall–Kier alpha value is -3.90. The molecule has 4 rings (SSSR count). The Morgan fingerprint density at radius 2 is 1.72 bits per heavy atom. The number of amides is 1. The molecule has 32 heavy (non-hydrogen) atoms. The molecule has 1 amide bonds. The van der Waals surface area contributed by atoms with Crippen molar-refractivity contribution in [3.8, 4) is 0 Å². The molecule has 0 atom stereocenters. The number of carbonyl (C=O) groups excluding carboxylic acids is 2. The maximum atomic E-state index is 13.0. The molecule has 3 aromatic carbocycles. The van der Waals surface area contributed by atoms with Crippen molar-refractivity contribution >= 4 is 34.5 Å². The lowest BCUT2D eigenvalue weighted by Crippen LogP contribution is -2.11.